The van der Waals surface area contributed by atoms with Crippen LogP contribution in [-0.4, -0.2) is 17.1 Å². The molecule has 0 amide bonds. The van der Waals surface area contributed by atoms with Gasteiger partial charge in [-0.2, -0.15) is 0 Å². The highest BCUT2D eigenvalue weighted by atomic mass is 16.5. The number of ether oxygens (including phenoxy) is 1. The van der Waals surface area contributed by atoms with E-state index in [1.165, 1.54) is 0 Å². The van der Waals surface area contributed by atoms with Crippen LogP contribution in [0.4, 0.5) is 5.82 Å². The van der Waals surface area contributed by atoms with Gasteiger partial charge >= 0.3 is 0 Å². The van der Waals surface area contributed by atoms with Gasteiger partial charge in [0.05, 0.1) is 18.1 Å². The fourth-order valence-electron chi connectivity index (χ4n) is 2.48. The van der Waals surface area contributed by atoms with Gasteiger partial charge in [0, 0.05) is 5.56 Å². The number of anilines is 1. The maximum absolute atomic E-state index is 6.10. The maximum Gasteiger partial charge on any atom is 0.150 e. The Balaban J connectivity index is 2.25. The summed E-state index contributed by atoms with van der Waals surface area (Å²) in [4.78, 5) is 9.12. The van der Waals surface area contributed by atoms with Crippen LogP contribution in [0.5, 0.6) is 5.75 Å². The number of nitrogens with two attached hydrogens (primary N) is 1. The molecule has 0 radical (unpaired) electrons. The number of aromatic nitrogens is 2. The van der Waals surface area contributed by atoms with Crippen molar-refractivity contribution in [3.05, 3.63) is 47.5 Å². The lowest BCUT2D eigenvalue weighted by Gasteiger charge is -2.12. The standard InChI is InChI=1S/C17H17N3O/c1-10-9-15(21-3)11(2)8-12(10)16-17(18)20-14-7-5-4-6-13(14)19-16/h4-9H,1-3H3,(H2,18,20). The molecule has 2 aromatic carbocycles. The van der Waals surface area contributed by atoms with Gasteiger partial charge in [0.1, 0.15) is 11.4 Å². The van der Waals surface area contributed by atoms with Crippen LogP contribution in [0.2, 0.25) is 0 Å². The number of para-hydroxylation sites is 2. The quantitative estimate of drug-likeness (QED) is 0.780. The van der Waals surface area contributed by atoms with Crippen LogP contribution in [0, 0.1) is 13.8 Å². The zero-order valence-corrected chi connectivity index (χ0v) is 12.3. The Labute approximate surface area is 123 Å². The van der Waals surface area contributed by atoms with Crippen molar-refractivity contribution in [3.8, 4) is 17.0 Å². The number of benzene rings is 2. The smallest absolute Gasteiger partial charge is 0.150 e. The van der Waals surface area contributed by atoms with Crippen LogP contribution in [0.25, 0.3) is 22.3 Å². The van der Waals surface area contributed by atoms with Crippen LogP contribution < -0.4 is 10.5 Å². The Morgan fingerprint density at radius 1 is 0.952 bits per heavy atom. The van der Waals surface area contributed by atoms with E-state index in [1.54, 1.807) is 7.11 Å². The van der Waals surface area contributed by atoms with E-state index in [9.17, 15) is 0 Å². The van der Waals surface area contributed by atoms with Crippen LogP contribution in [-0.2, 0) is 0 Å². The van der Waals surface area contributed by atoms with Crippen molar-refractivity contribution >= 4 is 16.9 Å². The van der Waals surface area contributed by atoms with Gasteiger partial charge in [-0.1, -0.05) is 12.1 Å². The van der Waals surface area contributed by atoms with Crippen LogP contribution >= 0.6 is 0 Å². The predicted octanol–water partition coefficient (Wildman–Crippen LogP) is 3.50. The Hall–Kier alpha value is -2.62. The lowest BCUT2D eigenvalue weighted by atomic mass is 10.0. The Bertz CT molecular complexity index is 828. The van der Waals surface area contributed by atoms with E-state index in [1.807, 2.05) is 50.2 Å². The van der Waals surface area contributed by atoms with E-state index in [4.69, 9.17) is 10.5 Å². The van der Waals surface area contributed by atoms with Crippen molar-refractivity contribution in [1.82, 2.24) is 9.97 Å². The lowest BCUT2D eigenvalue weighted by molar-refractivity contribution is 0.411. The molecule has 0 atom stereocenters. The molecule has 0 fully saturated rings. The maximum atomic E-state index is 6.10. The molecular weight excluding hydrogens is 262 g/mol. The first-order chi connectivity index (χ1) is 10.1. The largest absolute Gasteiger partial charge is 0.496 e. The zero-order valence-electron chi connectivity index (χ0n) is 12.3. The van der Waals surface area contributed by atoms with Crippen LogP contribution in [0.3, 0.4) is 0 Å². The number of hydrogen-bond acceptors (Lipinski definition) is 4. The highest BCUT2D eigenvalue weighted by molar-refractivity contribution is 5.83. The van der Waals surface area contributed by atoms with E-state index < -0.39 is 0 Å². The van der Waals surface area contributed by atoms with Crippen molar-refractivity contribution in [2.45, 2.75) is 13.8 Å². The summed E-state index contributed by atoms with van der Waals surface area (Å²) in [5.41, 5.74) is 11.6. The lowest BCUT2D eigenvalue weighted by Crippen LogP contribution is -2.00. The first kappa shape index (κ1) is 13.4. The molecule has 0 aliphatic heterocycles. The van der Waals surface area contributed by atoms with Gasteiger partial charge in [0.15, 0.2) is 5.82 Å². The van der Waals surface area contributed by atoms with Crippen molar-refractivity contribution < 1.29 is 4.74 Å². The molecule has 0 aliphatic rings. The fourth-order valence-corrected chi connectivity index (χ4v) is 2.48. The van der Waals surface area contributed by atoms with Crippen LogP contribution in [0.15, 0.2) is 36.4 Å². The molecule has 1 heterocycles. The summed E-state index contributed by atoms with van der Waals surface area (Å²) in [6.07, 6.45) is 0. The third kappa shape index (κ3) is 2.29. The second-order valence-electron chi connectivity index (χ2n) is 5.08. The number of methoxy groups -OCH3 is 1. The molecule has 0 saturated heterocycles. The highest BCUT2D eigenvalue weighted by Gasteiger charge is 2.13. The topological polar surface area (TPSA) is 61.0 Å². The zero-order chi connectivity index (χ0) is 15.0. The Morgan fingerprint density at radius 2 is 1.62 bits per heavy atom. The monoisotopic (exact) mass is 279 g/mol. The van der Waals surface area contributed by atoms with Crippen molar-refractivity contribution in [2.75, 3.05) is 12.8 Å². The number of hydrogen-bond donors (Lipinski definition) is 1. The number of fused-ring (bicyclic) bond motifs is 1. The summed E-state index contributed by atoms with van der Waals surface area (Å²) < 4.78 is 5.35. The van der Waals surface area contributed by atoms with Gasteiger partial charge in [-0.15, -0.1) is 0 Å². The molecule has 0 bridgehead atoms. The summed E-state index contributed by atoms with van der Waals surface area (Å²) in [6.45, 7) is 4.03. The van der Waals surface area contributed by atoms with E-state index in [0.717, 1.165) is 39.2 Å². The molecule has 4 nitrogen and oxygen atoms in total. The second kappa shape index (κ2) is 5.05. The molecular formula is C17H17N3O. The number of aryl methyl sites for hydroxylation is 2. The van der Waals surface area contributed by atoms with Gasteiger partial charge < -0.3 is 10.5 Å². The van der Waals surface area contributed by atoms with Crippen molar-refractivity contribution in [1.29, 1.82) is 0 Å². The second-order valence-corrected chi connectivity index (χ2v) is 5.08. The summed E-state index contributed by atoms with van der Waals surface area (Å²) in [5.74, 6) is 1.31. The van der Waals surface area contributed by atoms with Crippen molar-refractivity contribution in [2.24, 2.45) is 0 Å². The number of rotatable bonds is 2. The number of nitrogen functional groups attached to an aromatic ring is 1. The molecule has 106 valence electrons. The minimum atomic E-state index is 0.446. The van der Waals surface area contributed by atoms with Gasteiger partial charge in [0.25, 0.3) is 0 Å². The summed E-state index contributed by atoms with van der Waals surface area (Å²) in [5, 5.41) is 0. The molecule has 0 spiro atoms. The normalized spacial score (nSPS) is 10.8. The third-order valence-corrected chi connectivity index (χ3v) is 3.59. The fraction of sp³-hybridized carbons (Fsp3) is 0.176. The first-order valence-electron chi connectivity index (χ1n) is 6.78. The Morgan fingerprint density at radius 3 is 2.29 bits per heavy atom. The SMILES string of the molecule is COc1cc(C)c(-c2nc3ccccc3nc2N)cc1C. The first-order valence-corrected chi connectivity index (χ1v) is 6.78. The molecule has 0 unspecified atom stereocenters. The average molecular weight is 279 g/mol. The van der Waals surface area contributed by atoms with E-state index >= 15 is 0 Å². The summed E-state index contributed by atoms with van der Waals surface area (Å²) in [7, 11) is 1.67. The number of nitrogens with zero attached hydrogens (tertiary/aromatic N) is 2. The Kier molecular flexibility index (Phi) is 3.22. The van der Waals surface area contributed by atoms with E-state index in [2.05, 4.69) is 9.97 Å². The molecule has 0 saturated carbocycles. The molecule has 21 heavy (non-hydrogen) atoms. The van der Waals surface area contributed by atoms with Gasteiger partial charge in [0.2, 0.25) is 0 Å². The minimum absolute atomic E-state index is 0.446. The molecule has 1 aromatic heterocycles. The predicted molar refractivity (Wildman–Crippen MR) is 85.4 cm³/mol. The van der Waals surface area contributed by atoms with Crippen molar-refractivity contribution in [3.63, 3.8) is 0 Å². The molecule has 3 aromatic rings. The summed E-state index contributed by atoms with van der Waals surface area (Å²) >= 11 is 0. The molecule has 3 rings (SSSR count). The molecule has 0 aliphatic carbocycles. The third-order valence-electron chi connectivity index (χ3n) is 3.59. The minimum Gasteiger partial charge on any atom is -0.496 e. The van der Waals surface area contributed by atoms with E-state index in [-0.39, 0.29) is 0 Å². The average Bonchev–Trinajstić information content (AvgIpc) is 2.48. The van der Waals surface area contributed by atoms with Crippen LogP contribution in [0.1, 0.15) is 11.1 Å². The van der Waals surface area contributed by atoms with Gasteiger partial charge in [-0.3, -0.25) is 0 Å². The van der Waals surface area contributed by atoms with Gasteiger partial charge in [-0.25, -0.2) is 9.97 Å². The molecule has 4 heteroatoms. The van der Waals surface area contributed by atoms with E-state index in [0.29, 0.717) is 5.82 Å². The van der Waals surface area contributed by atoms with Gasteiger partial charge in [-0.05, 0) is 49.2 Å². The summed E-state index contributed by atoms with van der Waals surface area (Å²) in [6, 6.07) is 11.8. The highest BCUT2D eigenvalue weighted by Crippen LogP contribution is 2.32. The molecule has 2 N–H and O–H groups in total.